The Morgan fingerprint density at radius 3 is 2.69 bits per heavy atom. The molecule has 0 aliphatic carbocycles. The third-order valence-electron chi connectivity index (χ3n) is 5.79. The molecule has 2 nitrogen and oxygen atoms in total. The summed E-state index contributed by atoms with van der Waals surface area (Å²) >= 11 is 1.87. The number of ether oxygens (including phenoxy) is 1. The zero-order valence-corrected chi connectivity index (χ0v) is 17.3. The molecule has 0 spiro atoms. The Balaban J connectivity index is 1.60. The van der Waals surface area contributed by atoms with Crippen molar-refractivity contribution in [3.8, 4) is 0 Å². The van der Waals surface area contributed by atoms with Crippen molar-refractivity contribution in [1.82, 2.24) is 0 Å². The Morgan fingerprint density at radius 2 is 2.00 bits per heavy atom. The Labute approximate surface area is 163 Å². The molecule has 1 aromatic heterocycles. The van der Waals surface area contributed by atoms with Crippen LogP contribution in [0.15, 0.2) is 47.8 Å². The highest BCUT2D eigenvalue weighted by Gasteiger charge is 2.33. The van der Waals surface area contributed by atoms with Crippen molar-refractivity contribution < 1.29 is 10.1 Å². The molecular formula is C23H34NOS+. The summed E-state index contributed by atoms with van der Waals surface area (Å²) in [6, 6.07) is 16.0. The summed E-state index contributed by atoms with van der Waals surface area (Å²) in [6.45, 7) is 8.95. The van der Waals surface area contributed by atoms with Crippen LogP contribution in [0.4, 0.5) is 0 Å². The molecule has 0 unspecified atom stereocenters. The van der Waals surface area contributed by atoms with Crippen LogP contribution < -0.4 is 5.32 Å². The van der Waals surface area contributed by atoms with Gasteiger partial charge in [0, 0.05) is 6.61 Å². The second-order valence-electron chi connectivity index (χ2n) is 8.43. The van der Waals surface area contributed by atoms with Crippen molar-refractivity contribution in [2.45, 2.75) is 58.1 Å². The normalized spacial score (nSPS) is 22.0. The number of rotatable bonds is 8. The van der Waals surface area contributed by atoms with Crippen LogP contribution in [-0.2, 0) is 11.2 Å². The molecule has 0 radical (unpaired) electrons. The van der Waals surface area contributed by atoms with E-state index < -0.39 is 0 Å². The Kier molecular flexibility index (Phi) is 6.91. The first-order valence-corrected chi connectivity index (χ1v) is 11.0. The van der Waals surface area contributed by atoms with Crippen LogP contribution in [0.1, 0.15) is 56.5 Å². The number of benzene rings is 1. The van der Waals surface area contributed by atoms with E-state index in [0.717, 1.165) is 18.4 Å². The first kappa shape index (κ1) is 19.6. The van der Waals surface area contributed by atoms with Crippen molar-refractivity contribution in [3.63, 3.8) is 0 Å². The molecule has 3 atom stereocenters. The lowest BCUT2D eigenvalue weighted by atomic mass is 9.75. The zero-order chi connectivity index (χ0) is 18.4. The Morgan fingerprint density at radius 1 is 1.19 bits per heavy atom. The summed E-state index contributed by atoms with van der Waals surface area (Å²) < 4.78 is 5.98. The van der Waals surface area contributed by atoms with Gasteiger partial charge in [0.1, 0.15) is 6.04 Å². The van der Waals surface area contributed by atoms with Crippen LogP contribution in [0.3, 0.4) is 0 Å². The summed E-state index contributed by atoms with van der Waals surface area (Å²) in [5, 5.41) is 4.70. The van der Waals surface area contributed by atoms with E-state index in [4.69, 9.17) is 4.74 Å². The lowest BCUT2D eigenvalue weighted by molar-refractivity contribution is -0.693. The Bertz CT molecular complexity index is 637. The van der Waals surface area contributed by atoms with Crippen molar-refractivity contribution >= 4 is 11.3 Å². The minimum Gasteiger partial charge on any atom is -0.376 e. The molecule has 1 aliphatic heterocycles. The van der Waals surface area contributed by atoms with Gasteiger partial charge in [-0.2, -0.15) is 0 Å². The third kappa shape index (κ3) is 5.67. The van der Waals surface area contributed by atoms with E-state index in [2.05, 4.69) is 73.9 Å². The molecule has 0 saturated carbocycles. The predicted molar refractivity (Wildman–Crippen MR) is 111 cm³/mol. The zero-order valence-electron chi connectivity index (χ0n) is 16.5. The number of quaternary nitrogens is 1. The largest absolute Gasteiger partial charge is 0.376 e. The average Bonchev–Trinajstić information content (AvgIpc) is 3.15. The summed E-state index contributed by atoms with van der Waals surface area (Å²) in [4.78, 5) is 1.48. The predicted octanol–water partition coefficient (Wildman–Crippen LogP) is 4.83. The molecule has 1 aliphatic rings. The van der Waals surface area contributed by atoms with Gasteiger partial charge in [-0.15, -0.1) is 11.3 Å². The first-order valence-electron chi connectivity index (χ1n) is 10.1. The molecule has 26 heavy (non-hydrogen) atoms. The lowest BCUT2D eigenvalue weighted by Gasteiger charge is -2.39. The van der Waals surface area contributed by atoms with Crippen LogP contribution in [0.25, 0.3) is 0 Å². The van der Waals surface area contributed by atoms with Gasteiger partial charge in [-0.1, -0.05) is 36.4 Å². The van der Waals surface area contributed by atoms with E-state index in [1.165, 1.54) is 42.7 Å². The van der Waals surface area contributed by atoms with Crippen molar-refractivity contribution in [2.24, 2.45) is 11.8 Å². The molecule has 0 amide bonds. The number of thiophene rings is 1. The highest BCUT2D eigenvalue weighted by atomic mass is 32.1. The van der Waals surface area contributed by atoms with Gasteiger partial charge in [-0.25, -0.2) is 0 Å². The molecule has 142 valence electrons. The molecule has 1 fully saturated rings. The molecule has 3 heteroatoms. The van der Waals surface area contributed by atoms with Gasteiger partial charge < -0.3 is 10.1 Å². The van der Waals surface area contributed by atoms with Gasteiger partial charge in [-0.3, -0.25) is 0 Å². The molecule has 3 rings (SSSR count). The summed E-state index contributed by atoms with van der Waals surface area (Å²) in [6.07, 6.45) is 4.88. The number of hydrogen-bond acceptors (Lipinski definition) is 2. The summed E-state index contributed by atoms with van der Waals surface area (Å²) in [5.41, 5.74) is 1.51. The average molecular weight is 373 g/mol. The maximum absolute atomic E-state index is 5.98. The number of nitrogens with two attached hydrogens (primary N) is 1. The second kappa shape index (κ2) is 9.16. The fourth-order valence-electron chi connectivity index (χ4n) is 4.33. The molecule has 2 aromatic rings. The smallest absolute Gasteiger partial charge is 0.118 e. The highest BCUT2D eigenvalue weighted by Crippen LogP contribution is 2.36. The minimum atomic E-state index is 0.0336. The molecule has 1 aromatic carbocycles. The SMILES string of the molecule is C[C@H]([NH2+]CC[C@H](Cc1ccccc1)[C@@H]1CCOC(C)(C)C1)c1cccs1. The van der Waals surface area contributed by atoms with Gasteiger partial charge in [0.25, 0.3) is 0 Å². The maximum Gasteiger partial charge on any atom is 0.118 e. The molecule has 2 N–H and O–H groups in total. The molecular weight excluding hydrogens is 338 g/mol. The van der Waals surface area contributed by atoms with Crippen LogP contribution in [0.5, 0.6) is 0 Å². The summed E-state index contributed by atoms with van der Waals surface area (Å²) in [7, 11) is 0. The van der Waals surface area contributed by atoms with E-state index in [1.54, 1.807) is 0 Å². The second-order valence-corrected chi connectivity index (χ2v) is 9.41. The van der Waals surface area contributed by atoms with Crippen LogP contribution in [-0.4, -0.2) is 18.8 Å². The molecule has 1 saturated heterocycles. The fourth-order valence-corrected chi connectivity index (χ4v) is 5.11. The minimum absolute atomic E-state index is 0.0336. The quantitative estimate of drug-likeness (QED) is 0.706. The van der Waals surface area contributed by atoms with E-state index >= 15 is 0 Å². The van der Waals surface area contributed by atoms with E-state index in [0.29, 0.717) is 6.04 Å². The van der Waals surface area contributed by atoms with Crippen LogP contribution in [0.2, 0.25) is 0 Å². The van der Waals surface area contributed by atoms with Gasteiger partial charge in [0.15, 0.2) is 0 Å². The van der Waals surface area contributed by atoms with E-state index in [-0.39, 0.29) is 5.60 Å². The van der Waals surface area contributed by atoms with Crippen molar-refractivity contribution in [1.29, 1.82) is 0 Å². The third-order valence-corrected chi connectivity index (χ3v) is 6.87. The van der Waals surface area contributed by atoms with Crippen LogP contribution in [0, 0.1) is 11.8 Å². The van der Waals surface area contributed by atoms with Gasteiger partial charge in [-0.05, 0) is 75.3 Å². The topological polar surface area (TPSA) is 25.8 Å². The van der Waals surface area contributed by atoms with E-state index in [9.17, 15) is 0 Å². The fraction of sp³-hybridized carbons (Fsp3) is 0.565. The lowest BCUT2D eigenvalue weighted by Crippen LogP contribution is -2.84. The Hall–Kier alpha value is -1.16. The van der Waals surface area contributed by atoms with Crippen LogP contribution >= 0.6 is 11.3 Å². The van der Waals surface area contributed by atoms with Gasteiger partial charge in [0.05, 0.1) is 17.0 Å². The molecule has 0 bridgehead atoms. The number of hydrogen-bond donors (Lipinski definition) is 1. The van der Waals surface area contributed by atoms with Gasteiger partial charge in [0.2, 0.25) is 0 Å². The highest BCUT2D eigenvalue weighted by molar-refractivity contribution is 7.10. The van der Waals surface area contributed by atoms with Crippen molar-refractivity contribution in [3.05, 3.63) is 58.3 Å². The maximum atomic E-state index is 5.98. The van der Waals surface area contributed by atoms with E-state index in [1.807, 2.05) is 11.3 Å². The summed E-state index contributed by atoms with van der Waals surface area (Å²) in [5.74, 6) is 1.51. The van der Waals surface area contributed by atoms with Gasteiger partial charge >= 0.3 is 0 Å². The first-order chi connectivity index (χ1) is 12.5. The van der Waals surface area contributed by atoms with Crippen molar-refractivity contribution in [2.75, 3.05) is 13.2 Å². The standard InChI is InChI=1S/C23H33NOS/c1-18(22-10-7-15-26-22)24-13-11-20(16-19-8-5-4-6-9-19)21-12-14-25-23(2,3)17-21/h4-10,15,18,20-21,24H,11-14,16-17H2,1-3H3/p+1/t18-,20+,21+/m0/s1. The monoisotopic (exact) mass is 372 g/mol. The molecule has 2 heterocycles.